The molecule has 1 saturated carbocycles. The van der Waals surface area contributed by atoms with Gasteiger partial charge < -0.3 is 5.32 Å². The first-order chi connectivity index (χ1) is 7.77. The van der Waals surface area contributed by atoms with Crippen molar-refractivity contribution in [1.82, 2.24) is 10.6 Å². The van der Waals surface area contributed by atoms with Gasteiger partial charge >= 0.3 is 0 Å². The molecule has 1 aliphatic rings. The maximum Gasteiger partial charge on any atom is 0.234 e. The third-order valence-corrected chi connectivity index (χ3v) is 4.02. The zero-order valence-corrected chi connectivity index (χ0v) is 10.6. The van der Waals surface area contributed by atoms with Gasteiger partial charge in [-0.25, -0.2) is 0 Å². The van der Waals surface area contributed by atoms with Crippen LogP contribution in [-0.4, -0.2) is 36.0 Å². The topological polar surface area (TPSA) is 41.1 Å². The molecule has 3 nitrogen and oxygen atoms in total. The fourth-order valence-corrected chi connectivity index (χ4v) is 3.21. The standard InChI is InChI=1S/C12H20N2OS/c1-3-8-13-9-12(15)14-10-6-5-7-11(10)16-4-2/h1,10-11,13H,4-9H2,2H3,(H,14,15). The van der Waals surface area contributed by atoms with Crippen LogP contribution in [0.3, 0.4) is 0 Å². The Kier molecular flexibility index (Phi) is 6.36. The minimum Gasteiger partial charge on any atom is -0.351 e. The molecule has 0 aliphatic heterocycles. The third-order valence-electron chi connectivity index (χ3n) is 2.69. The van der Waals surface area contributed by atoms with Crippen LogP contribution >= 0.6 is 11.8 Å². The van der Waals surface area contributed by atoms with Crippen molar-refractivity contribution in [3.63, 3.8) is 0 Å². The van der Waals surface area contributed by atoms with E-state index in [0.717, 1.165) is 12.2 Å². The number of terminal acetylenes is 1. The van der Waals surface area contributed by atoms with Crippen molar-refractivity contribution in [1.29, 1.82) is 0 Å². The van der Waals surface area contributed by atoms with Gasteiger partial charge in [0.15, 0.2) is 0 Å². The van der Waals surface area contributed by atoms with Gasteiger partial charge in [0.05, 0.1) is 13.1 Å². The van der Waals surface area contributed by atoms with Crippen LogP contribution in [0.2, 0.25) is 0 Å². The van der Waals surface area contributed by atoms with Crippen LogP contribution in [-0.2, 0) is 4.79 Å². The maximum absolute atomic E-state index is 11.6. The van der Waals surface area contributed by atoms with Gasteiger partial charge in [-0.2, -0.15) is 11.8 Å². The second-order valence-corrected chi connectivity index (χ2v) is 5.42. The smallest absolute Gasteiger partial charge is 0.234 e. The molecule has 0 saturated heterocycles. The van der Waals surface area contributed by atoms with Gasteiger partial charge in [-0.15, -0.1) is 6.42 Å². The number of carbonyl (C=O) groups excluding carboxylic acids is 1. The van der Waals surface area contributed by atoms with Crippen LogP contribution < -0.4 is 10.6 Å². The third kappa shape index (κ3) is 4.46. The highest BCUT2D eigenvalue weighted by molar-refractivity contribution is 7.99. The van der Waals surface area contributed by atoms with E-state index in [4.69, 9.17) is 6.42 Å². The molecule has 1 aliphatic carbocycles. The normalized spacial score (nSPS) is 24.0. The molecule has 0 aromatic carbocycles. The molecule has 90 valence electrons. The van der Waals surface area contributed by atoms with E-state index in [-0.39, 0.29) is 5.91 Å². The summed E-state index contributed by atoms with van der Waals surface area (Å²) in [7, 11) is 0. The SMILES string of the molecule is C#CCNCC(=O)NC1CCCC1SCC. The van der Waals surface area contributed by atoms with Crippen molar-refractivity contribution in [2.45, 2.75) is 37.5 Å². The summed E-state index contributed by atoms with van der Waals surface area (Å²) in [5.41, 5.74) is 0. The number of thioether (sulfide) groups is 1. The van der Waals surface area contributed by atoms with Crippen molar-refractivity contribution in [3.8, 4) is 12.3 Å². The van der Waals surface area contributed by atoms with Crippen LogP contribution in [0, 0.1) is 12.3 Å². The molecule has 1 amide bonds. The lowest BCUT2D eigenvalue weighted by Gasteiger charge is -2.20. The Balaban J connectivity index is 2.24. The predicted molar refractivity (Wildman–Crippen MR) is 69.4 cm³/mol. The van der Waals surface area contributed by atoms with Crippen LogP contribution in [0.15, 0.2) is 0 Å². The van der Waals surface area contributed by atoms with E-state index in [0.29, 0.717) is 24.4 Å². The van der Waals surface area contributed by atoms with Crippen molar-refractivity contribution in [3.05, 3.63) is 0 Å². The Morgan fingerprint density at radius 2 is 2.38 bits per heavy atom. The molecule has 0 aromatic rings. The summed E-state index contributed by atoms with van der Waals surface area (Å²) >= 11 is 1.95. The molecule has 1 fully saturated rings. The Morgan fingerprint density at radius 3 is 3.06 bits per heavy atom. The Bertz CT molecular complexity index is 262. The van der Waals surface area contributed by atoms with Crippen LogP contribution in [0.25, 0.3) is 0 Å². The Morgan fingerprint density at radius 1 is 1.56 bits per heavy atom. The summed E-state index contributed by atoms with van der Waals surface area (Å²) in [5.74, 6) is 3.63. The maximum atomic E-state index is 11.6. The van der Waals surface area contributed by atoms with E-state index < -0.39 is 0 Å². The quantitative estimate of drug-likeness (QED) is 0.537. The first-order valence-electron chi connectivity index (χ1n) is 5.83. The van der Waals surface area contributed by atoms with Gasteiger partial charge in [0.25, 0.3) is 0 Å². The number of nitrogens with one attached hydrogen (secondary N) is 2. The molecule has 0 aromatic heterocycles. The van der Waals surface area contributed by atoms with Crippen LogP contribution in [0.5, 0.6) is 0 Å². The average molecular weight is 240 g/mol. The van der Waals surface area contributed by atoms with E-state index in [2.05, 4.69) is 23.5 Å². The summed E-state index contributed by atoms with van der Waals surface area (Å²) in [5, 5.41) is 6.58. The van der Waals surface area contributed by atoms with Gasteiger partial charge in [0.2, 0.25) is 5.91 Å². The molecular formula is C12H20N2OS. The number of amides is 1. The largest absolute Gasteiger partial charge is 0.351 e. The average Bonchev–Trinajstić information content (AvgIpc) is 2.67. The van der Waals surface area contributed by atoms with Crippen molar-refractivity contribution >= 4 is 17.7 Å². The molecule has 0 heterocycles. The lowest BCUT2D eigenvalue weighted by atomic mass is 10.2. The molecule has 0 radical (unpaired) electrons. The molecule has 2 atom stereocenters. The second-order valence-electron chi connectivity index (χ2n) is 3.91. The van der Waals surface area contributed by atoms with Gasteiger partial charge in [0.1, 0.15) is 0 Å². The summed E-state index contributed by atoms with van der Waals surface area (Å²) in [4.78, 5) is 11.6. The van der Waals surface area contributed by atoms with Gasteiger partial charge in [-0.1, -0.05) is 19.3 Å². The van der Waals surface area contributed by atoms with E-state index in [9.17, 15) is 4.79 Å². The fourth-order valence-electron chi connectivity index (χ4n) is 2.01. The molecular weight excluding hydrogens is 220 g/mol. The lowest BCUT2D eigenvalue weighted by molar-refractivity contribution is -0.120. The fraction of sp³-hybridized carbons (Fsp3) is 0.750. The summed E-state index contributed by atoms with van der Waals surface area (Å²) in [6.45, 7) is 2.94. The molecule has 2 N–H and O–H groups in total. The monoisotopic (exact) mass is 240 g/mol. The minimum absolute atomic E-state index is 0.0591. The lowest BCUT2D eigenvalue weighted by Crippen LogP contribution is -2.43. The molecule has 1 rings (SSSR count). The summed E-state index contributed by atoms with van der Waals surface area (Å²) < 4.78 is 0. The molecule has 0 bridgehead atoms. The van der Waals surface area contributed by atoms with E-state index in [1.807, 2.05) is 11.8 Å². The summed E-state index contributed by atoms with van der Waals surface area (Å²) in [6, 6.07) is 0.352. The van der Waals surface area contributed by atoms with Gasteiger partial charge in [-0.3, -0.25) is 10.1 Å². The van der Waals surface area contributed by atoms with Crippen LogP contribution in [0.1, 0.15) is 26.2 Å². The molecule has 16 heavy (non-hydrogen) atoms. The number of carbonyl (C=O) groups is 1. The number of rotatable bonds is 6. The summed E-state index contributed by atoms with van der Waals surface area (Å²) in [6.07, 6.45) is 8.65. The first kappa shape index (κ1) is 13.4. The van der Waals surface area contributed by atoms with Crippen molar-refractivity contribution in [2.75, 3.05) is 18.8 Å². The molecule has 2 unspecified atom stereocenters. The van der Waals surface area contributed by atoms with Gasteiger partial charge in [-0.05, 0) is 18.6 Å². The predicted octanol–water partition coefficient (Wildman–Crippen LogP) is 1.000. The Hall–Kier alpha value is -0.660. The highest BCUT2D eigenvalue weighted by Gasteiger charge is 2.27. The van der Waals surface area contributed by atoms with E-state index in [1.165, 1.54) is 12.8 Å². The highest BCUT2D eigenvalue weighted by Crippen LogP contribution is 2.29. The highest BCUT2D eigenvalue weighted by atomic mass is 32.2. The van der Waals surface area contributed by atoms with Crippen LogP contribution in [0.4, 0.5) is 0 Å². The number of hydrogen-bond acceptors (Lipinski definition) is 3. The zero-order chi connectivity index (χ0) is 11.8. The van der Waals surface area contributed by atoms with Crippen molar-refractivity contribution < 1.29 is 4.79 Å². The minimum atomic E-state index is 0.0591. The van der Waals surface area contributed by atoms with E-state index >= 15 is 0 Å². The Labute approximate surface area is 102 Å². The molecule has 0 spiro atoms. The van der Waals surface area contributed by atoms with E-state index in [1.54, 1.807) is 0 Å². The zero-order valence-electron chi connectivity index (χ0n) is 9.79. The van der Waals surface area contributed by atoms with Crippen molar-refractivity contribution in [2.24, 2.45) is 0 Å². The number of hydrogen-bond donors (Lipinski definition) is 2. The second kappa shape index (κ2) is 7.59. The van der Waals surface area contributed by atoms with Gasteiger partial charge in [0, 0.05) is 11.3 Å². The first-order valence-corrected chi connectivity index (χ1v) is 6.88. The molecule has 4 heteroatoms.